The minimum Gasteiger partial charge on any atom is -0.412 e. The van der Waals surface area contributed by atoms with Crippen LogP contribution in [-0.2, 0) is 0 Å². The monoisotopic (exact) mass is 200 g/mol. The maximum absolute atomic E-state index is 5.67. The molecule has 2 aromatic heterocycles. The van der Waals surface area contributed by atoms with Gasteiger partial charge in [-0.25, -0.2) is 4.98 Å². The number of hydrogen-bond acceptors (Lipinski definition) is 4. The number of nitrogens with zero attached hydrogens (tertiary/aromatic N) is 2. The zero-order valence-electron chi connectivity index (χ0n) is 6.24. The minimum atomic E-state index is 0.423. The van der Waals surface area contributed by atoms with Crippen LogP contribution in [0.1, 0.15) is 0 Å². The summed E-state index contributed by atoms with van der Waals surface area (Å²) in [6.07, 6.45) is 1.90. The van der Waals surface area contributed by atoms with E-state index in [9.17, 15) is 0 Å². The van der Waals surface area contributed by atoms with Crippen molar-refractivity contribution in [3.05, 3.63) is 17.3 Å². The Morgan fingerprint density at radius 3 is 3.00 bits per heavy atom. The first kappa shape index (κ1) is 7.89. The summed E-state index contributed by atoms with van der Waals surface area (Å²) in [5.41, 5.74) is 1.23. The van der Waals surface area contributed by atoms with Crippen LogP contribution in [0.3, 0.4) is 0 Å². The van der Waals surface area contributed by atoms with Crippen molar-refractivity contribution in [2.45, 2.75) is 5.22 Å². The SMILES string of the molecule is CSc1nc2ccc(Cl)nc2o1. The molecule has 0 atom stereocenters. The zero-order chi connectivity index (χ0) is 8.55. The summed E-state index contributed by atoms with van der Waals surface area (Å²) < 4.78 is 5.25. The van der Waals surface area contributed by atoms with Crippen molar-refractivity contribution >= 4 is 34.6 Å². The first-order valence-electron chi connectivity index (χ1n) is 3.26. The largest absolute Gasteiger partial charge is 0.412 e. The van der Waals surface area contributed by atoms with Crippen LogP contribution in [-0.4, -0.2) is 16.2 Å². The van der Waals surface area contributed by atoms with Gasteiger partial charge in [0.1, 0.15) is 10.7 Å². The number of rotatable bonds is 1. The maximum atomic E-state index is 5.67. The standard InChI is InChI=1S/C7H5ClN2OS/c1-12-7-9-4-2-3-5(8)10-6(4)11-7/h2-3H,1H3. The molecule has 0 saturated carbocycles. The summed E-state index contributed by atoms with van der Waals surface area (Å²) in [5.74, 6) is 0. The smallest absolute Gasteiger partial charge is 0.258 e. The predicted octanol–water partition coefficient (Wildman–Crippen LogP) is 2.60. The molecule has 0 radical (unpaired) electrons. The molecule has 12 heavy (non-hydrogen) atoms. The fraction of sp³-hybridized carbons (Fsp3) is 0.143. The molecule has 0 N–H and O–H groups in total. The zero-order valence-corrected chi connectivity index (χ0v) is 7.82. The van der Waals surface area contributed by atoms with E-state index >= 15 is 0 Å². The molecule has 0 fully saturated rings. The van der Waals surface area contributed by atoms with Gasteiger partial charge in [0.15, 0.2) is 0 Å². The molecule has 3 nitrogen and oxygen atoms in total. The molecule has 0 saturated heterocycles. The van der Waals surface area contributed by atoms with Gasteiger partial charge in [0.2, 0.25) is 5.71 Å². The van der Waals surface area contributed by atoms with E-state index in [-0.39, 0.29) is 0 Å². The number of pyridine rings is 1. The van der Waals surface area contributed by atoms with Gasteiger partial charge >= 0.3 is 0 Å². The van der Waals surface area contributed by atoms with Gasteiger partial charge in [0, 0.05) is 0 Å². The first-order chi connectivity index (χ1) is 5.79. The molecular formula is C7H5ClN2OS. The van der Waals surface area contributed by atoms with Crippen molar-refractivity contribution in [1.29, 1.82) is 0 Å². The van der Waals surface area contributed by atoms with Crippen LogP contribution in [0.5, 0.6) is 0 Å². The summed E-state index contributed by atoms with van der Waals surface area (Å²) in [5, 5.41) is 1.03. The third kappa shape index (κ3) is 1.28. The highest BCUT2D eigenvalue weighted by molar-refractivity contribution is 7.98. The molecule has 0 aliphatic rings. The first-order valence-corrected chi connectivity index (χ1v) is 4.87. The Hall–Kier alpha value is -0.740. The lowest BCUT2D eigenvalue weighted by Crippen LogP contribution is -1.73. The molecule has 2 heterocycles. The molecule has 0 aliphatic carbocycles. The molecule has 0 amide bonds. The highest BCUT2D eigenvalue weighted by atomic mass is 35.5. The molecule has 5 heteroatoms. The van der Waals surface area contributed by atoms with Gasteiger partial charge in [-0.15, -0.1) is 0 Å². The van der Waals surface area contributed by atoms with Crippen LogP contribution >= 0.6 is 23.4 Å². The lowest BCUT2D eigenvalue weighted by Gasteiger charge is -1.84. The van der Waals surface area contributed by atoms with E-state index in [2.05, 4.69) is 9.97 Å². The summed E-state index contributed by atoms with van der Waals surface area (Å²) in [7, 11) is 0. The average Bonchev–Trinajstić information content (AvgIpc) is 2.46. The summed E-state index contributed by atoms with van der Waals surface area (Å²) in [6.45, 7) is 0. The Morgan fingerprint density at radius 2 is 2.25 bits per heavy atom. The Bertz CT molecular complexity index is 415. The highest BCUT2D eigenvalue weighted by Crippen LogP contribution is 2.21. The van der Waals surface area contributed by atoms with Gasteiger partial charge in [-0.2, -0.15) is 4.98 Å². The van der Waals surface area contributed by atoms with Crippen molar-refractivity contribution in [3.63, 3.8) is 0 Å². The Labute approximate surface area is 78.1 Å². The third-order valence-corrected chi connectivity index (χ3v) is 2.11. The van der Waals surface area contributed by atoms with E-state index < -0.39 is 0 Å². The maximum Gasteiger partial charge on any atom is 0.258 e. The summed E-state index contributed by atoms with van der Waals surface area (Å²) >= 11 is 7.10. The van der Waals surface area contributed by atoms with Crippen LogP contribution in [0.15, 0.2) is 21.8 Å². The lowest BCUT2D eigenvalue weighted by atomic mass is 10.4. The highest BCUT2D eigenvalue weighted by Gasteiger charge is 2.05. The van der Waals surface area contributed by atoms with Crippen molar-refractivity contribution in [2.75, 3.05) is 6.26 Å². The minimum absolute atomic E-state index is 0.423. The fourth-order valence-electron chi connectivity index (χ4n) is 0.862. The van der Waals surface area contributed by atoms with E-state index in [1.165, 1.54) is 11.8 Å². The lowest BCUT2D eigenvalue weighted by molar-refractivity contribution is 0.482. The number of thioether (sulfide) groups is 1. The summed E-state index contributed by atoms with van der Waals surface area (Å²) in [4.78, 5) is 8.11. The fourth-order valence-corrected chi connectivity index (χ4v) is 1.35. The predicted molar refractivity (Wildman–Crippen MR) is 48.6 cm³/mol. The van der Waals surface area contributed by atoms with Gasteiger partial charge in [-0.3, -0.25) is 0 Å². The molecule has 0 spiro atoms. The van der Waals surface area contributed by atoms with Crippen LogP contribution in [0, 0.1) is 0 Å². The van der Waals surface area contributed by atoms with E-state index in [4.69, 9.17) is 16.0 Å². The van der Waals surface area contributed by atoms with Gasteiger partial charge in [0.05, 0.1) is 0 Å². The van der Waals surface area contributed by atoms with E-state index in [0.717, 1.165) is 5.52 Å². The molecule has 0 aliphatic heterocycles. The van der Waals surface area contributed by atoms with Crippen molar-refractivity contribution in [3.8, 4) is 0 Å². The molecule has 2 rings (SSSR count). The quantitative estimate of drug-likeness (QED) is 0.524. The molecular weight excluding hydrogens is 196 g/mol. The van der Waals surface area contributed by atoms with Gasteiger partial charge in [-0.1, -0.05) is 23.4 Å². The van der Waals surface area contributed by atoms with E-state index in [1.807, 2.05) is 6.26 Å². The van der Waals surface area contributed by atoms with E-state index in [0.29, 0.717) is 16.1 Å². The van der Waals surface area contributed by atoms with Crippen LogP contribution in [0.25, 0.3) is 11.2 Å². The van der Waals surface area contributed by atoms with Crippen LogP contribution in [0.2, 0.25) is 5.15 Å². The third-order valence-electron chi connectivity index (χ3n) is 1.38. The average molecular weight is 201 g/mol. The topological polar surface area (TPSA) is 38.9 Å². The normalized spacial score (nSPS) is 10.8. The van der Waals surface area contributed by atoms with Crippen LogP contribution in [0.4, 0.5) is 0 Å². The van der Waals surface area contributed by atoms with Gasteiger partial charge < -0.3 is 4.42 Å². The second-order valence-corrected chi connectivity index (χ2v) is 3.29. The number of aromatic nitrogens is 2. The molecule has 0 unspecified atom stereocenters. The molecule has 0 bridgehead atoms. The van der Waals surface area contributed by atoms with Crippen molar-refractivity contribution in [2.24, 2.45) is 0 Å². The second kappa shape index (κ2) is 2.95. The van der Waals surface area contributed by atoms with Crippen molar-refractivity contribution < 1.29 is 4.42 Å². The molecule has 2 aromatic rings. The number of hydrogen-bond donors (Lipinski definition) is 0. The second-order valence-electron chi connectivity index (χ2n) is 2.14. The Balaban J connectivity index is 2.67. The number of halogens is 1. The van der Waals surface area contributed by atoms with Gasteiger partial charge in [-0.05, 0) is 18.4 Å². The Morgan fingerprint density at radius 1 is 1.42 bits per heavy atom. The molecule has 0 aromatic carbocycles. The molecule has 62 valence electrons. The van der Waals surface area contributed by atoms with E-state index in [1.54, 1.807) is 12.1 Å². The Kier molecular flexibility index (Phi) is 1.94. The summed E-state index contributed by atoms with van der Waals surface area (Å²) in [6, 6.07) is 3.48. The van der Waals surface area contributed by atoms with Crippen molar-refractivity contribution in [1.82, 2.24) is 9.97 Å². The number of fused-ring (bicyclic) bond motifs is 1. The van der Waals surface area contributed by atoms with Gasteiger partial charge in [0.25, 0.3) is 5.22 Å². The van der Waals surface area contributed by atoms with Crippen LogP contribution < -0.4 is 0 Å². The number of oxazole rings is 1.